The lowest BCUT2D eigenvalue weighted by Gasteiger charge is -2.19. The molecule has 4 aromatic rings. The van der Waals surface area contributed by atoms with Gasteiger partial charge in [-0.05, 0) is 73.9 Å². The first-order valence-corrected chi connectivity index (χ1v) is 12.6. The number of primary amides is 1. The molecule has 0 atom stereocenters. The van der Waals surface area contributed by atoms with Crippen LogP contribution in [0.2, 0.25) is 0 Å². The zero-order chi connectivity index (χ0) is 26.3. The van der Waals surface area contributed by atoms with Gasteiger partial charge in [0.2, 0.25) is 10.0 Å². The van der Waals surface area contributed by atoms with Crippen molar-refractivity contribution >= 4 is 32.8 Å². The number of carbonyl (C=O) groups is 2. The molecule has 2 amide bonds. The summed E-state index contributed by atoms with van der Waals surface area (Å²) in [6, 6.07) is 17.6. The Balaban J connectivity index is 1.71. The Morgan fingerprint density at radius 2 is 1.64 bits per heavy atom. The number of hydrogen-bond acceptors (Lipinski definition) is 5. The molecule has 0 aliphatic rings. The summed E-state index contributed by atoms with van der Waals surface area (Å²) < 4.78 is 44.9. The molecule has 4 rings (SSSR count). The molecule has 0 fully saturated rings. The SMILES string of the molecule is CC(C)(C)S(=O)(=O)NC(=O)c1cccc(-c2ccc3oc(Cc4ccc(F)cc4)c(C(N)=O)c3c2)c1. The van der Waals surface area contributed by atoms with Crippen LogP contribution < -0.4 is 10.5 Å². The smallest absolute Gasteiger partial charge is 0.264 e. The van der Waals surface area contributed by atoms with Crippen molar-refractivity contribution in [3.8, 4) is 11.1 Å². The molecule has 3 aromatic carbocycles. The number of nitrogens with one attached hydrogen (secondary N) is 1. The molecular formula is C27H25FN2O5S. The number of rotatable bonds is 6. The lowest BCUT2D eigenvalue weighted by atomic mass is 9.99. The molecule has 186 valence electrons. The maximum atomic E-state index is 13.3. The average molecular weight is 509 g/mol. The van der Waals surface area contributed by atoms with Crippen LogP contribution in [0.25, 0.3) is 22.1 Å². The van der Waals surface area contributed by atoms with E-state index in [1.807, 2.05) is 0 Å². The highest BCUT2D eigenvalue weighted by molar-refractivity contribution is 7.91. The second-order valence-corrected chi connectivity index (χ2v) is 11.8. The fraction of sp³-hybridized carbons (Fsp3) is 0.185. The molecule has 0 unspecified atom stereocenters. The largest absolute Gasteiger partial charge is 0.460 e. The van der Waals surface area contributed by atoms with Crippen molar-refractivity contribution in [1.29, 1.82) is 0 Å². The maximum Gasteiger partial charge on any atom is 0.264 e. The fourth-order valence-electron chi connectivity index (χ4n) is 3.68. The normalized spacial score (nSPS) is 12.0. The minimum absolute atomic E-state index is 0.166. The number of fused-ring (bicyclic) bond motifs is 1. The Morgan fingerprint density at radius 3 is 2.28 bits per heavy atom. The predicted octanol–water partition coefficient (Wildman–Crippen LogP) is 4.79. The van der Waals surface area contributed by atoms with Gasteiger partial charge in [-0.25, -0.2) is 17.5 Å². The minimum Gasteiger partial charge on any atom is -0.460 e. The van der Waals surface area contributed by atoms with Crippen LogP contribution in [-0.2, 0) is 16.4 Å². The van der Waals surface area contributed by atoms with E-state index in [2.05, 4.69) is 4.72 Å². The number of halogens is 1. The zero-order valence-electron chi connectivity index (χ0n) is 20.0. The summed E-state index contributed by atoms with van der Waals surface area (Å²) in [5.74, 6) is -1.41. The highest BCUT2D eigenvalue weighted by Crippen LogP contribution is 2.32. The van der Waals surface area contributed by atoms with Gasteiger partial charge in [0.1, 0.15) is 17.2 Å². The lowest BCUT2D eigenvalue weighted by molar-refractivity contribution is 0.0977. The highest BCUT2D eigenvalue weighted by Gasteiger charge is 2.31. The standard InChI is InChI=1S/C27H25FN2O5S/c1-27(2,3)36(33,34)30-26(32)19-6-4-5-17(14-19)18-9-12-22-21(15-18)24(25(29)31)23(35-22)13-16-7-10-20(28)11-8-16/h4-12,14-15H,13H2,1-3H3,(H2,29,31)(H,30,32). The summed E-state index contributed by atoms with van der Waals surface area (Å²) in [5, 5.41) is 0.502. The molecule has 0 radical (unpaired) electrons. The topological polar surface area (TPSA) is 119 Å². The van der Waals surface area contributed by atoms with Crippen LogP contribution in [0.4, 0.5) is 4.39 Å². The van der Waals surface area contributed by atoms with Crippen LogP contribution >= 0.6 is 0 Å². The molecule has 1 heterocycles. The first kappa shape index (κ1) is 25.1. The van der Waals surface area contributed by atoms with Crippen molar-refractivity contribution < 1.29 is 26.8 Å². The summed E-state index contributed by atoms with van der Waals surface area (Å²) in [7, 11) is -3.88. The Kier molecular flexibility index (Phi) is 6.44. The molecule has 0 bridgehead atoms. The van der Waals surface area contributed by atoms with E-state index in [4.69, 9.17) is 10.2 Å². The third-order valence-electron chi connectivity index (χ3n) is 5.78. The molecule has 3 N–H and O–H groups in total. The van der Waals surface area contributed by atoms with Gasteiger partial charge in [-0.1, -0.05) is 30.3 Å². The van der Waals surface area contributed by atoms with E-state index in [0.29, 0.717) is 27.9 Å². The molecule has 0 saturated carbocycles. The molecule has 0 saturated heterocycles. The molecule has 0 aliphatic carbocycles. The van der Waals surface area contributed by atoms with E-state index in [-0.39, 0.29) is 23.4 Å². The van der Waals surface area contributed by atoms with Crippen LogP contribution in [0.1, 0.15) is 52.8 Å². The number of hydrogen-bond donors (Lipinski definition) is 2. The van der Waals surface area contributed by atoms with Crippen molar-refractivity contribution in [2.24, 2.45) is 5.73 Å². The molecule has 36 heavy (non-hydrogen) atoms. The molecule has 0 spiro atoms. The molecule has 1 aromatic heterocycles. The van der Waals surface area contributed by atoms with E-state index >= 15 is 0 Å². The van der Waals surface area contributed by atoms with Crippen molar-refractivity contribution in [3.63, 3.8) is 0 Å². The van der Waals surface area contributed by atoms with Gasteiger partial charge >= 0.3 is 0 Å². The quantitative estimate of drug-likeness (QED) is 0.388. The fourth-order valence-corrected chi connectivity index (χ4v) is 4.35. The van der Waals surface area contributed by atoms with Crippen LogP contribution in [-0.4, -0.2) is 25.0 Å². The van der Waals surface area contributed by atoms with E-state index in [1.165, 1.54) is 39.0 Å². The summed E-state index contributed by atoms with van der Waals surface area (Å²) in [6.45, 7) is 4.50. The second kappa shape index (κ2) is 9.23. The van der Waals surface area contributed by atoms with Crippen molar-refractivity contribution in [2.45, 2.75) is 31.9 Å². The molecule has 7 nitrogen and oxygen atoms in total. The van der Waals surface area contributed by atoms with Gasteiger partial charge in [0.25, 0.3) is 11.8 Å². The zero-order valence-corrected chi connectivity index (χ0v) is 20.8. The minimum atomic E-state index is -3.88. The Labute approximate surface area is 208 Å². The first-order valence-electron chi connectivity index (χ1n) is 11.1. The Hall–Kier alpha value is -3.98. The van der Waals surface area contributed by atoms with E-state index in [9.17, 15) is 22.4 Å². The summed E-state index contributed by atoms with van der Waals surface area (Å²) in [6.07, 6.45) is 0.250. The van der Waals surface area contributed by atoms with Crippen molar-refractivity contribution in [3.05, 3.63) is 95.0 Å². The third-order valence-corrected chi connectivity index (χ3v) is 7.84. The van der Waals surface area contributed by atoms with Crippen LogP contribution in [0, 0.1) is 5.82 Å². The van der Waals surface area contributed by atoms with Gasteiger partial charge in [-0.2, -0.15) is 0 Å². The molecular weight excluding hydrogens is 483 g/mol. The Morgan fingerprint density at radius 1 is 0.972 bits per heavy atom. The van der Waals surface area contributed by atoms with Crippen LogP contribution in [0.15, 0.2) is 71.1 Å². The number of amides is 2. The third kappa shape index (κ3) is 5.01. The van der Waals surface area contributed by atoms with Crippen molar-refractivity contribution in [1.82, 2.24) is 4.72 Å². The van der Waals surface area contributed by atoms with Gasteiger partial charge in [-0.15, -0.1) is 0 Å². The predicted molar refractivity (Wildman–Crippen MR) is 136 cm³/mol. The second-order valence-electron chi connectivity index (χ2n) is 9.41. The molecule has 0 aliphatic heterocycles. The first-order chi connectivity index (χ1) is 16.9. The summed E-state index contributed by atoms with van der Waals surface area (Å²) in [4.78, 5) is 25.0. The summed E-state index contributed by atoms with van der Waals surface area (Å²) in [5.41, 5.74) is 8.58. The van der Waals surface area contributed by atoms with Crippen molar-refractivity contribution in [2.75, 3.05) is 0 Å². The monoisotopic (exact) mass is 508 g/mol. The highest BCUT2D eigenvalue weighted by atomic mass is 32.2. The number of benzene rings is 3. The van der Waals surface area contributed by atoms with E-state index in [0.717, 1.165) is 5.56 Å². The summed E-state index contributed by atoms with van der Waals surface area (Å²) >= 11 is 0. The Bertz CT molecular complexity index is 1580. The maximum absolute atomic E-state index is 13.3. The number of nitrogens with two attached hydrogens (primary N) is 1. The van der Waals surface area contributed by atoms with Gasteiger partial charge in [0.15, 0.2) is 0 Å². The number of sulfonamides is 1. The van der Waals surface area contributed by atoms with Crippen LogP contribution in [0.3, 0.4) is 0 Å². The van der Waals surface area contributed by atoms with Crippen LogP contribution in [0.5, 0.6) is 0 Å². The van der Waals surface area contributed by atoms with E-state index in [1.54, 1.807) is 48.5 Å². The number of furan rings is 1. The van der Waals surface area contributed by atoms with Gasteiger partial charge in [-0.3, -0.25) is 9.59 Å². The van der Waals surface area contributed by atoms with E-state index < -0.39 is 26.6 Å². The average Bonchev–Trinajstić information content (AvgIpc) is 3.17. The lowest BCUT2D eigenvalue weighted by Crippen LogP contribution is -2.42. The van der Waals surface area contributed by atoms with Gasteiger partial charge in [0, 0.05) is 17.4 Å². The number of carbonyl (C=O) groups excluding carboxylic acids is 2. The van der Waals surface area contributed by atoms with Gasteiger partial charge < -0.3 is 10.2 Å². The van der Waals surface area contributed by atoms with Gasteiger partial charge in [0.05, 0.1) is 10.3 Å². The molecule has 9 heteroatoms.